The van der Waals surface area contributed by atoms with Gasteiger partial charge < -0.3 is 14.8 Å². The smallest absolute Gasteiger partial charge is 0.0480 e. The first kappa shape index (κ1) is 15.1. The maximum atomic E-state index is 3.50. The zero-order valence-corrected chi connectivity index (χ0v) is 13.2. The molecule has 3 heteroatoms. The molecule has 2 aromatic rings. The third-order valence-corrected chi connectivity index (χ3v) is 3.51. The SMILES string of the molecule is CC(C)CNCc1ccc2c(ccn2CCN(C)C)c1. The number of nitrogens with zero attached hydrogens (tertiary/aromatic N) is 2. The fraction of sp³-hybridized carbons (Fsp3) is 0.529. The van der Waals surface area contributed by atoms with Crippen LogP contribution in [0.4, 0.5) is 0 Å². The number of likely N-dealkylation sites (N-methyl/N-ethyl adjacent to an activating group) is 1. The molecule has 0 atom stereocenters. The van der Waals surface area contributed by atoms with E-state index in [1.54, 1.807) is 0 Å². The van der Waals surface area contributed by atoms with Gasteiger partial charge in [-0.3, -0.25) is 0 Å². The molecule has 0 aliphatic rings. The predicted octanol–water partition coefficient (Wildman–Crippen LogP) is 2.95. The van der Waals surface area contributed by atoms with E-state index in [1.807, 2.05) is 0 Å². The summed E-state index contributed by atoms with van der Waals surface area (Å²) in [4.78, 5) is 2.22. The minimum atomic E-state index is 0.700. The molecule has 2 rings (SSSR count). The Morgan fingerprint density at radius 2 is 2.00 bits per heavy atom. The average molecular weight is 273 g/mol. The van der Waals surface area contributed by atoms with Gasteiger partial charge in [0.05, 0.1) is 0 Å². The summed E-state index contributed by atoms with van der Waals surface area (Å²) >= 11 is 0. The zero-order valence-electron chi connectivity index (χ0n) is 13.2. The molecular formula is C17H27N3. The van der Waals surface area contributed by atoms with Crippen molar-refractivity contribution in [3.05, 3.63) is 36.0 Å². The van der Waals surface area contributed by atoms with Crippen molar-refractivity contribution < 1.29 is 0 Å². The lowest BCUT2D eigenvalue weighted by Crippen LogP contribution is -2.19. The topological polar surface area (TPSA) is 20.2 Å². The molecule has 0 amide bonds. The summed E-state index contributed by atoms with van der Waals surface area (Å²) in [6.07, 6.45) is 2.19. The van der Waals surface area contributed by atoms with E-state index >= 15 is 0 Å². The lowest BCUT2D eigenvalue weighted by Gasteiger charge is -2.11. The maximum absolute atomic E-state index is 3.50. The Hall–Kier alpha value is -1.32. The van der Waals surface area contributed by atoms with Crippen molar-refractivity contribution in [1.82, 2.24) is 14.8 Å². The van der Waals surface area contributed by atoms with Crippen LogP contribution >= 0.6 is 0 Å². The number of hydrogen-bond acceptors (Lipinski definition) is 2. The van der Waals surface area contributed by atoms with E-state index < -0.39 is 0 Å². The largest absolute Gasteiger partial charge is 0.346 e. The van der Waals surface area contributed by atoms with Crippen LogP contribution in [0.3, 0.4) is 0 Å². The van der Waals surface area contributed by atoms with Crippen molar-refractivity contribution in [3.8, 4) is 0 Å². The maximum Gasteiger partial charge on any atom is 0.0480 e. The summed E-state index contributed by atoms with van der Waals surface area (Å²) in [5.41, 5.74) is 2.70. The third kappa shape index (κ3) is 4.09. The van der Waals surface area contributed by atoms with Gasteiger partial charge in [-0.05, 0) is 55.7 Å². The van der Waals surface area contributed by atoms with Crippen LogP contribution in [-0.4, -0.2) is 36.7 Å². The molecule has 0 saturated carbocycles. The first-order chi connectivity index (χ1) is 9.56. The van der Waals surface area contributed by atoms with Crippen molar-refractivity contribution in [2.75, 3.05) is 27.2 Å². The molecule has 0 bridgehead atoms. The standard InChI is InChI=1S/C17H27N3/c1-14(2)12-18-13-15-5-6-17-16(11-15)7-8-20(17)10-9-19(3)4/h5-8,11,14,18H,9-10,12-13H2,1-4H3. The molecule has 20 heavy (non-hydrogen) atoms. The second-order valence-electron chi connectivity index (χ2n) is 6.23. The van der Waals surface area contributed by atoms with Crippen molar-refractivity contribution in [1.29, 1.82) is 0 Å². The van der Waals surface area contributed by atoms with E-state index in [-0.39, 0.29) is 0 Å². The van der Waals surface area contributed by atoms with Crippen LogP contribution < -0.4 is 5.32 Å². The number of benzene rings is 1. The minimum Gasteiger partial charge on any atom is -0.346 e. The molecular weight excluding hydrogens is 246 g/mol. The van der Waals surface area contributed by atoms with Gasteiger partial charge in [0.2, 0.25) is 0 Å². The van der Waals surface area contributed by atoms with E-state index in [1.165, 1.54) is 16.5 Å². The van der Waals surface area contributed by atoms with E-state index in [0.29, 0.717) is 5.92 Å². The molecule has 0 radical (unpaired) electrons. The van der Waals surface area contributed by atoms with Crippen molar-refractivity contribution in [2.45, 2.75) is 26.9 Å². The molecule has 0 fully saturated rings. The molecule has 0 aliphatic heterocycles. The van der Waals surface area contributed by atoms with Gasteiger partial charge in [-0.15, -0.1) is 0 Å². The highest BCUT2D eigenvalue weighted by atomic mass is 15.1. The van der Waals surface area contributed by atoms with Gasteiger partial charge in [0.25, 0.3) is 0 Å². The van der Waals surface area contributed by atoms with Gasteiger partial charge >= 0.3 is 0 Å². The fourth-order valence-electron chi connectivity index (χ4n) is 2.37. The molecule has 1 aromatic heterocycles. The fourth-order valence-corrected chi connectivity index (χ4v) is 2.37. The van der Waals surface area contributed by atoms with Crippen LogP contribution in [0.15, 0.2) is 30.5 Å². The summed E-state index contributed by atoms with van der Waals surface area (Å²) in [5, 5.41) is 4.84. The Bertz CT molecular complexity index is 540. The molecule has 1 heterocycles. The van der Waals surface area contributed by atoms with Gasteiger partial charge in [-0.2, -0.15) is 0 Å². The van der Waals surface area contributed by atoms with Crippen LogP contribution in [0, 0.1) is 5.92 Å². The number of rotatable bonds is 7. The highest BCUT2D eigenvalue weighted by Gasteiger charge is 2.03. The van der Waals surface area contributed by atoms with Gasteiger partial charge in [0.1, 0.15) is 0 Å². The Morgan fingerprint density at radius 3 is 2.70 bits per heavy atom. The molecule has 0 aliphatic carbocycles. The molecule has 1 aromatic carbocycles. The second kappa shape index (κ2) is 6.91. The van der Waals surface area contributed by atoms with E-state index in [9.17, 15) is 0 Å². The monoisotopic (exact) mass is 273 g/mol. The van der Waals surface area contributed by atoms with Gasteiger partial charge in [0, 0.05) is 31.3 Å². The summed E-state index contributed by atoms with van der Waals surface area (Å²) < 4.78 is 2.33. The average Bonchev–Trinajstić information content (AvgIpc) is 2.78. The quantitative estimate of drug-likeness (QED) is 0.837. The Balaban J connectivity index is 2.04. The first-order valence-corrected chi connectivity index (χ1v) is 7.49. The molecule has 0 spiro atoms. The summed E-state index contributed by atoms with van der Waals surface area (Å²) in [7, 11) is 4.23. The summed E-state index contributed by atoms with van der Waals surface area (Å²) in [6, 6.07) is 9.00. The molecule has 110 valence electrons. The van der Waals surface area contributed by atoms with Crippen LogP contribution in [0.1, 0.15) is 19.4 Å². The van der Waals surface area contributed by atoms with Crippen molar-refractivity contribution >= 4 is 10.9 Å². The number of nitrogens with one attached hydrogen (secondary N) is 1. The Morgan fingerprint density at radius 1 is 1.20 bits per heavy atom. The highest BCUT2D eigenvalue weighted by molar-refractivity contribution is 5.80. The van der Waals surface area contributed by atoms with E-state index in [4.69, 9.17) is 0 Å². The van der Waals surface area contributed by atoms with Gasteiger partial charge in [-0.1, -0.05) is 19.9 Å². The van der Waals surface area contributed by atoms with Crippen molar-refractivity contribution in [2.24, 2.45) is 5.92 Å². The van der Waals surface area contributed by atoms with Crippen LogP contribution in [0.2, 0.25) is 0 Å². The number of fused-ring (bicyclic) bond motifs is 1. The third-order valence-electron chi connectivity index (χ3n) is 3.51. The van der Waals surface area contributed by atoms with Gasteiger partial charge in [0.15, 0.2) is 0 Å². The molecule has 0 unspecified atom stereocenters. The highest BCUT2D eigenvalue weighted by Crippen LogP contribution is 2.17. The Labute approximate surface area is 122 Å². The summed E-state index contributed by atoms with van der Waals surface area (Å²) in [6.45, 7) is 8.61. The zero-order chi connectivity index (χ0) is 14.5. The van der Waals surface area contributed by atoms with Crippen molar-refractivity contribution in [3.63, 3.8) is 0 Å². The lowest BCUT2D eigenvalue weighted by atomic mass is 10.1. The molecule has 0 saturated heterocycles. The Kier molecular flexibility index (Phi) is 5.21. The molecule has 3 nitrogen and oxygen atoms in total. The van der Waals surface area contributed by atoms with E-state index in [0.717, 1.165) is 26.2 Å². The number of hydrogen-bond donors (Lipinski definition) is 1. The van der Waals surface area contributed by atoms with Crippen LogP contribution in [-0.2, 0) is 13.1 Å². The second-order valence-corrected chi connectivity index (χ2v) is 6.23. The lowest BCUT2D eigenvalue weighted by molar-refractivity contribution is 0.387. The molecule has 1 N–H and O–H groups in total. The van der Waals surface area contributed by atoms with Crippen LogP contribution in [0.25, 0.3) is 10.9 Å². The van der Waals surface area contributed by atoms with E-state index in [2.05, 4.69) is 73.2 Å². The predicted molar refractivity (Wildman–Crippen MR) is 87.0 cm³/mol. The normalized spacial score (nSPS) is 11.9. The van der Waals surface area contributed by atoms with Crippen LogP contribution in [0.5, 0.6) is 0 Å². The summed E-state index contributed by atoms with van der Waals surface area (Å²) in [5.74, 6) is 0.700. The minimum absolute atomic E-state index is 0.700. The van der Waals surface area contributed by atoms with Gasteiger partial charge in [-0.25, -0.2) is 0 Å². The number of aromatic nitrogens is 1. The first-order valence-electron chi connectivity index (χ1n) is 7.49.